The monoisotopic (exact) mass is 313 g/mol. The molecule has 0 spiro atoms. The van der Waals surface area contributed by atoms with Gasteiger partial charge in [-0.2, -0.15) is 0 Å². The minimum Gasteiger partial charge on any atom is -0.419 e. The normalized spacial score (nSPS) is 12.7. The zero-order valence-corrected chi connectivity index (χ0v) is 11.7. The summed E-state index contributed by atoms with van der Waals surface area (Å²) in [6.07, 6.45) is 0. The van der Waals surface area contributed by atoms with Gasteiger partial charge in [-0.05, 0) is 41.5 Å². The van der Waals surface area contributed by atoms with Gasteiger partial charge < -0.3 is 9.73 Å². The van der Waals surface area contributed by atoms with Gasteiger partial charge in [0.2, 0.25) is 11.8 Å². The average Bonchev–Trinajstić information content (AvgIpc) is 2.82. The fourth-order valence-electron chi connectivity index (χ4n) is 1.58. The van der Waals surface area contributed by atoms with Gasteiger partial charge in [-0.3, -0.25) is 0 Å². The van der Waals surface area contributed by atoms with Crippen molar-refractivity contribution in [3.8, 4) is 11.5 Å². The highest BCUT2D eigenvalue weighted by Crippen LogP contribution is 2.29. The standard InChI is InChI=1S/C12H13BrFN3O/c1-3-15-7(2)11-16-17-12(18-11)8-5-4-6-9(14)10(8)13/h4-7,15H,3H2,1-2H3. The van der Waals surface area contributed by atoms with Crippen molar-refractivity contribution in [3.63, 3.8) is 0 Å². The van der Waals surface area contributed by atoms with E-state index in [1.54, 1.807) is 12.1 Å². The van der Waals surface area contributed by atoms with Crippen molar-refractivity contribution in [3.05, 3.63) is 34.4 Å². The Bertz CT molecular complexity index is 544. The molecule has 0 aliphatic carbocycles. The fourth-order valence-corrected chi connectivity index (χ4v) is 2.01. The van der Waals surface area contributed by atoms with Gasteiger partial charge in [-0.25, -0.2) is 4.39 Å². The van der Waals surface area contributed by atoms with Gasteiger partial charge in [-0.15, -0.1) is 10.2 Å². The lowest BCUT2D eigenvalue weighted by molar-refractivity contribution is 0.428. The first-order valence-corrected chi connectivity index (χ1v) is 6.44. The van der Waals surface area contributed by atoms with Crippen molar-refractivity contribution < 1.29 is 8.81 Å². The predicted molar refractivity (Wildman–Crippen MR) is 69.5 cm³/mol. The summed E-state index contributed by atoms with van der Waals surface area (Å²) >= 11 is 3.18. The van der Waals surface area contributed by atoms with Gasteiger partial charge in [0.1, 0.15) is 5.82 Å². The molecular formula is C12H13BrFN3O. The molecule has 1 N–H and O–H groups in total. The number of hydrogen-bond donors (Lipinski definition) is 1. The molecule has 1 aromatic carbocycles. The lowest BCUT2D eigenvalue weighted by Crippen LogP contribution is -2.17. The number of halogens is 2. The number of nitrogens with zero attached hydrogens (tertiary/aromatic N) is 2. The van der Waals surface area contributed by atoms with E-state index < -0.39 is 0 Å². The van der Waals surface area contributed by atoms with E-state index in [4.69, 9.17) is 4.42 Å². The van der Waals surface area contributed by atoms with E-state index >= 15 is 0 Å². The molecule has 0 fully saturated rings. The van der Waals surface area contributed by atoms with Crippen LogP contribution in [0.25, 0.3) is 11.5 Å². The Morgan fingerprint density at radius 1 is 1.44 bits per heavy atom. The molecule has 6 heteroatoms. The Labute approximate surface area is 113 Å². The smallest absolute Gasteiger partial charge is 0.249 e. The number of hydrogen-bond acceptors (Lipinski definition) is 4. The quantitative estimate of drug-likeness (QED) is 0.941. The number of benzene rings is 1. The highest BCUT2D eigenvalue weighted by Gasteiger charge is 2.16. The minimum absolute atomic E-state index is 0.0245. The molecule has 0 aliphatic heterocycles. The molecule has 4 nitrogen and oxygen atoms in total. The van der Waals surface area contributed by atoms with Gasteiger partial charge in [0.05, 0.1) is 16.1 Å². The summed E-state index contributed by atoms with van der Waals surface area (Å²) < 4.78 is 19.3. The van der Waals surface area contributed by atoms with Crippen LogP contribution in [0.15, 0.2) is 27.1 Å². The second-order valence-electron chi connectivity index (χ2n) is 3.83. The maximum Gasteiger partial charge on any atom is 0.249 e. The molecule has 96 valence electrons. The molecule has 0 radical (unpaired) electrons. The lowest BCUT2D eigenvalue weighted by atomic mass is 10.2. The van der Waals surface area contributed by atoms with Crippen LogP contribution in [0.5, 0.6) is 0 Å². The summed E-state index contributed by atoms with van der Waals surface area (Å²) in [6.45, 7) is 4.74. The summed E-state index contributed by atoms with van der Waals surface area (Å²) in [5.41, 5.74) is 0.553. The van der Waals surface area contributed by atoms with Crippen molar-refractivity contribution in [2.75, 3.05) is 6.54 Å². The molecule has 0 saturated carbocycles. The zero-order valence-electron chi connectivity index (χ0n) is 10.1. The van der Waals surface area contributed by atoms with Crippen LogP contribution >= 0.6 is 15.9 Å². The first-order chi connectivity index (χ1) is 8.63. The summed E-state index contributed by atoms with van der Waals surface area (Å²) in [5, 5.41) is 11.1. The van der Waals surface area contributed by atoms with E-state index in [1.165, 1.54) is 6.07 Å². The summed E-state index contributed by atoms with van der Waals surface area (Å²) in [5.74, 6) is 0.441. The first-order valence-electron chi connectivity index (χ1n) is 5.64. The fraction of sp³-hybridized carbons (Fsp3) is 0.333. The Morgan fingerprint density at radius 3 is 2.94 bits per heavy atom. The van der Waals surface area contributed by atoms with Crippen molar-refractivity contribution in [1.29, 1.82) is 0 Å². The van der Waals surface area contributed by atoms with Gasteiger partial charge in [-0.1, -0.05) is 13.0 Å². The Balaban J connectivity index is 2.32. The summed E-state index contributed by atoms with van der Waals surface area (Å²) in [6, 6.07) is 4.67. The molecule has 0 saturated heterocycles. The molecule has 2 aromatic rings. The topological polar surface area (TPSA) is 51.0 Å². The van der Waals surface area contributed by atoms with Crippen molar-refractivity contribution in [2.24, 2.45) is 0 Å². The average molecular weight is 314 g/mol. The number of nitrogens with one attached hydrogen (secondary N) is 1. The van der Waals surface area contributed by atoms with Gasteiger partial charge in [0.25, 0.3) is 0 Å². The third-order valence-electron chi connectivity index (χ3n) is 2.50. The highest BCUT2D eigenvalue weighted by atomic mass is 79.9. The third-order valence-corrected chi connectivity index (χ3v) is 3.31. The number of aromatic nitrogens is 2. The van der Waals surface area contributed by atoms with E-state index in [9.17, 15) is 4.39 Å². The van der Waals surface area contributed by atoms with Crippen molar-refractivity contribution >= 4 is 15.9 Å². The van der Waals surface area contributed by atoms with Crippen LogP contribution in [-0.4, -0.2) is 16.7 Å². The molecule has 0 aliphatic rings. The third kappa shape index (κ3) is 2.59. The molecule has 0 amide bonds. The van der Waals surface area contributed by atoms with Crippen LogP contribution < -0.4 is 5.32 Å². The van der Waals surface area contributed by atoms with Gasteiger partial charge in [0.15, 0.2) is 0 Å². The van der Waals surface area contributed by atoms with E-state index in [1.807, 2.05) is 13.8 Å². The largest absolute Gasteiger partial charge is 0.419 e. The van der Waals surface area contributed by atoms with Gasteiger partial charge in [0, 0.05) is 0 Å². The Hall–Kier alpha value is -1.27. The molecule has 18 heavy (non-hydrogen) atoms. The molecular weight excluding hydrogens is 301 g/mol. The molecule has 1 unspecified atom stereocenters. The van der Waals surface area contributed by atoms with Crippen molar-refractivity contribution in [2.45, 2.75) is 19.9 Å². The predicted octanol–water partition coefficient (Wildman–Crippen LogP) is 3.31. The van der Waals surface area contributed by atoms with E-state index in [0.717, 1.165) is 6.54 Å². The maximum atomic E-state index is 13.4. The Morgan fingerprint density at radius 2 is 2.22 bits per heavy atom. The SMILES string of the molecule is CCNC(C)c1nnc(-c2cccc(F)c2Br)o1. The lowest BCUT2D eigenvalue weighted by Gasteiger charge is -2.06. The van der Waals surface area contributed by atoms with E-state index in [2.05, 4.69) is 31.4 Å². The Kier molecular flexibility index (Phi) is 4.08. The van der Waals surface area contributed by atoms with Crippen molar-refractivity contribution in [1.82, 2.24) is 15.5 Å². The zero-order chi connectivity index (χ0) is 13.1. The summed E-state index contributed by atoms with van der Waals surface area (Å²) in [4.78, 5) is 0. The van der Waals surface area contributed by atoms with Crippen LogP contribution in [0.2, 0.25) is 0 Å². The molecule has 1 atom stereocenters. The molecule has 0 bridgehead atoms. The van der Waals surface area contributed by atoms with E-state index in [0.29, 0.717) is 21.8 Å². The van der Waals surface area contributed by atoms with Gasteiger partial charge >= 0.3 is 0 Å². The first kappa shape index (κ1) is 13.2. The number of rotatable bonds is 4. The maximum absolute atomic E-state index is 13.4. The van der Waals surface area contributed by atoms with Crippen LogP contribution in [0.3, 0.4) is 0 Å². The van der Waals surface area contributed by atoms with Crippen LogP contribution in [0.4, 0.5) is 4.39 Å². The van der Waals surface area contributed by atoms with Crippen LogP contribution in [0, 0.1) is 5.82 Å². The van der Waals surface area contributed by atoms with Crippen LogP contribution in [-0.2, 0) is 0 Å². The second-order valence-corrected chi connectivity index (χ2v) is 4.62. The van der Waals surface area contributed by atoms with Crippen LogP contribution in [0.1, 0.15) is 25.8 Å². The molecule has 1 aromatic heterocycles. The molecule has 2 rings (SSSR count). The minimum atomic E-state index is -0.355. The summed E-state index contributed by atoms with van der Waals surface area (Å²) in [7, 11) is 0. The molecule has 1 heterocycles. The second kappa shape index (κ2) is 5.58. The van der Waals surface area contributed by atoms with E-state index in [-0.39, 0.29) is 11.9 Å². The highest BCUT2D eigenvalue weighted by molar-refractivity contribution is 9.10.